The summed E-state index contributed by atoms with van der Waals surface area (Å²) >= 11 is 0. The molecule has 0 saturated heterocycles. The fourth-order valence-corrected chi connectivity index (χ4v) is 1.27. The van der Waals surface area contributed by atoms with Crippen LogP contribution < -0.4 is 5.73 Å². The Labute approximate surface area is 93.8 Å². The lowest BCUT2D eigenvalue weighted by molar-refractivity contribution is -0.143. The summed E-state index contributed by atoms with van der Waals surface area (Å²) < 4.78 is 4.79. The number of pyridine rings is 1. The highest BCUT2D eigenvalue weighted by molar-refractivity contribution is 5.82. The predicted molar refractivity (Wildman–Crippen MR) is 58.4 cm³/mol. The molecule has 0 fully saturated rings. The van der Waals surface area contributed by atoms with Gasteiger partial charge in [0.2, 0.25) is 0 Å². The zero-order chi connectivity index (χ0) is 12.1. The summed E-state index contributed by atoms with van der Waals surface area (Å²) in [4.78, 5) is 15.6. The molecule has 1 unspecified atom stereocenters. The smallest absolute Gasteiger partial charge is 0.329 e. The molecule has 1 atom stereocenters. The molecule has 1 rings (SSSR count). The van der Waals surface area contributed by atoms with Crippen LogP contribution in [0.25, 0.3) is 0 Å². The highest BCUT2D eigenvalue weighted by Gasteiger charge is 2.25. The van der Waals surface area contributed by atoms with Crippen LogP contribution >= 0.6 is 0 Å². The van der Waals surface area contributed by atoms with E-state index < -0.39 is 11.9 Å². The molecule has 5 nitrogen and oxygen atoms in total. The minimum Gasteiger partial charge on any atom is -0.465 e. The van der Waals surface area contributed by atoms with Crippen LogP contribution in [0.4, 0.5) is 5.69 Å². The molecule has 1 heterocycles. The van der Waals surface area contributed by atoms with E-state index in [1.807, 2.05) is 6.07 Å². The number of carbonyl (C=O) groups excluding carboxylic acids is 1. The third kappa shape index (κ3) is 2.48. The Bertz CT molecular complexity index is 437. The summed E-state index contributed by atoms with van der Waals surface area (Å²) in [5.74, 6) is -1.67. The Morgan fingerprint density at radius 1 is 1.69 bits per heavy atom. The lowest BCUT2D eigenvalue weighted by Gasteiger charge is -2.10. The maximum atomic E-state index is 11.5. The van der Waals surface area contributed by atoms with Gasteiger partial charge in [0, 0.05) is 5.69 Å². The number of aryl methyl sites for hydroxylation is 1. The van der Waals surface area contributed by atoms with E-state index in [-0.39, 0.29) is 12.3 Å². The molecular formula is C11H13N3O2. The zero-order valence-corrected chi connectivity index (χ0v) is 9.23. The van der Waals surface area contributed by atoms with Crippen molar-refractivity contribution in [3.8, 4) is 6.07 Å². The van der Waals surface area contributed by atoms with Crippen LogP contribution in [0.2, 0.25) is 0 Å². The molecule has 5 heteroatoms. The van der Waals surface area contributed by atoms with Crippen molar-refractivity contribution in [3.63, 3.8) is 0 Å². The summed E-state index contributed by atoms with van der Waals surface area (Å²) in [7, 11) is 0. The van der Waals surface area contributed by atoms with Crippen LogP contribution in [0.3, 0.4) is 0 Å². The van der Waals surface area contributed by atoms with Gasteiger partial charge in [-0.2, -0.15) is 5.26 Å². The second-order valence-electron chi connectivity index (χ2n) is 3.24. The number of nitrogens with zero attached hydrogens (tertiary/aromatic N) is 2. The van der Waals surface area contributed by atoms with Crippen LogP contribution in [-0.2, 0) is 9.53 Å². The quantitative estimate of drug-likeness (QED) is 0.770. The van der Waals surface area contributed by atoms with Crippen LogP contribution in [0.1, 0.15) is 24.2 Å². The molecule has 0 bridgehead atoms. The molecule has 0 aromatic carbocycles. The molecule has 84 valence electrons. The van der Waals surface area contributed by atoms with Crippen molar-refractivity contribution in [2.24, 2.45) is 0 Å². The van der Waals surface area contributed by atoms with Gasteiger partial charge >= 0.3 is 5.97 Å². The summed E-state index contributed by atoms with van der Waals surface area (Å²) in [5, 5.41) is 8.95. The number of anilines is 1. The van der Waals surface area contributed by atoms with Gasteiger partial charge in [-0.25, -0.2) is 0 Å². The van der Waals surface area contributed by atoms with Crippen molar-refractivity contribution < 1.29 is 9.53 Å². The molecule has 0 radical (unpaired) electrons. The average Bonchev–Trinajstić information content (AvgIpc) is 2.24. The topological polar surface area (TPSA) is 89.0 Å². The van der Waals surface area contributed by atoms with Gasteiger partial charge < -0.3 is 10.5 Å². The Kier molecular flexibility index (Phi) is 3.84. The van der Waals surface area contributed by atoms with Gasteiger partial charge in [0.15, 0.2) is 5.92 Å². The number of aromatic nitrogens is 1. The number of ether oxygens (including phenoxy) is 1. The van der Waals surface area contributed by atoms with E-state index in [4.69, 9.17) is 15.7 Å². The Hall–Kier alpha value is -2.09. The van der Waals surface area contributed by atoms with Crippen molar-refractivity contribution in [1.82, 2.24) is 4.98 Å². The van der Waals surface area contributed by atoms with Gasteiger partial charge in [-0.3, -0.25) is 9.78 Å². The van der Waals surface area contributed by atoms with Gasteiger partial charge in [0.05, 0.1) is 24.1 Å². The lowest BCUT2D eigenvalue weighted by Crippen LogP contribution is -2.17. The van der Waals surface area contributed by atoms with Crippen LogP contribution in [0.5, 0.6) is 0 Å². The van der Waals surface area contributed by atoms with Gasteiger partial charge in [0.25, 0.3) is 0 Å². The van der Waals surface area contributed by atoms with Crippen molar-refractivity contribution in [2.75, 3.05) is 12.3 Å². The number of hydrogen-bond acceptors (Lipinski definition) is 5. The first kappa shape index (κ1) is 12.0. The number of rotatable bonds is 3. The molecule has 0 aliphatic heterocycles. The van der Waals surface area contributed by atoms with E-state index >= 15 is 0 Å². The Balaban J connectivity index is 3.09. The first-order valence-electron chi connectivity index (χ1n) is 4.89. The highest BCUT2D eigenvalue weighted by atomic mass is 16.5. The standard InChI is InChI=1S/C11H13N3O2/c1-3-16-11(15)8(6-12)10-9(13)5-4-7(2)14-10/h4-5,8H,3,13H2,1-2H3. The zero-order valence-electron chi connectivity index (χ0n) is 9.23. The normalized spacial score (nSPS) is 11.6. The number of nitrogens with two attached hydrogens (primary N) is 1. The number of nitriles is 1. The first-order valence-corrected chi connectivity index (χ1v) is 4.89. The second-order valence-corrected chi connectivity index (χ2v) is 3.24. The predicted octanol–water partition coefficient (Wildman–Crippen LogP) is 1.14. The largest absolute Gasteiger partial charge is 0.465 e. The molecule has 16 heavy (non-hydrogen) atoms. The minimum atomic E-state index is -1.06. The highest BCUT2D eigenvalue weighted by Crippen LogP contribution is 2.21. The minimum absolute atomic E-state index is 0.225. The fourth-order valence-electron chi connectivity index (χ4n) is 1.27. The number of nitrogen functional groups attached to an aromatic ring is 1. The molecule has 0 spiro atoms. The van der Waals surface area contributed by atoms with Crippen molar-refractivity contribution >= 4 is 11.7 Å². The third-order valence-electron chi connectivity index (χ3n) is 2.02. The third-order valence-corrected chi connectivity index (χ3v) is 2.02. The lowest BCUT2D eigenvalue weighted by atomic mass is 10.0. The molecular weight excluding hydrogens is 206 g/mol. The maximum absolute atomic E-state index is 11.5. The van der Waals surface area contributed by atoms with Crippen molar-refractivity contribution in [1.29, 1.82) is 5.26 Å². The summed E-state index contributed by atoms with van der Waals surface area (Å²) in [6.45, 7) is 3.67. The molecule has 2 N–H and O–H groups in total. The van der Waals surface area contributed by atoms with Gasteiger partial charge in [-0.05, 0) is 26.0 Å². The first-order chi connectivity index (χ1) is 7.60. The van der Waals surface area contributed by atoms with E-state index in [9.17, 15) is 4.79 Å². The van der Waals surface area contributed by atoms with E-state index in [2.05, 4.69) is 4.98 Å². The molecule has 1 aromatic heterocycles. The van der Waals surface area contributed by atoms with E-state index in [1.54, 1.807) is 26.0 Å². The van der Waals surface area contributed by atoms with Gasteiger partial charge in [-0.15, -0.1) is 0 Å². The Morgan fingerprint density at radius 3 is 2.94 bits per heavy atom. The summed E-state index contributed by atoms with van der Waals surface area (Å²) in [6.07, 6.45) is 0. The molecule has 0 saturated carbocycles. The van der Waals surface area contributed by atoms with Crippen molar-refractivity contribution in [3.05, 3.63) is 23.5 Å². The van der Waals surface area contributed by atoms with E-state index in [0.29, 0.717) is 11.4 Å². The SMILES string of the molecule is CCOC(=O)C(C#N)c1nc(C)ccc1N. The number of carbonyl (C=O) groups is 1. The van der Waals surface area contributed by atoms with E-state index in [0.717, 1.165) is 0 Å². The fraction of sp³-hybridized carbons (Fsp3) is 0.364. The van der Waals surface area contributed by atoms with Crippen LogP contribution in [-0.4, -0.2) is 17.6 Å². The Morgan fingerprint density at radius 2 is 2.38 bits per heavy atom. The number of esters is 1. The van der Waals surface area contributed by atoms with Crippen molar-refractivity contribution in [2.45, 2.75) is 19.8 Å². The average molecular weight is 219 g/mol. The molecule has 0 aliphatic rings. The molecule has 0 amide bonds. The molecule has 0 aliphatic carbocycles. The van der Waals surface area contributed by atoms with Gasteiger partial charge in [-0.1, -0.05) is 0 Å². The monoisotopic (exact) mass is 219 g/mol. The summed E-state index contributed by atoms with van der Waals surface area (Å²) in [5.41, 5.74) is 6.97. The molecule has 1 aromatic rings. The second kappa shape index (κ2) is 5.12. The summed E-state index contributed by atoms with van der Waals surface area (Å²) in [6, 6.07) is 5.20. The van der Waals surface area contributed by atoms with E-state index in [1.165, 1.54) is 0 Å². The number of hydrogen-bond donors (Lipinski definition) is 1. The van der Waals surface area contributed by atoms with Crippen LogP contribution in [0.15, 0.2) is 12.1 Å². The van der Waals surface area contributed by atoms with Gasteiger partial charge in [0.1, 0.15) is 0 Å². The van der Waals surface area contributed by atoms with Crippen LogP contribution in [0, 0.1) is 18.3 Å². The maximum Gasteiger partial charge on any atom is 0.329 e.